The molecule has 0 spiro atoms. The number of ketones is 1. The maximum absolute atomic E-state index is 13.4. The summed E-state index contributed by atoms with van der Waals surface area (Å²) in [6.07, 6.45) is 1.66. The van der Waals surface area contributed by atoms with Crippen LogP contribution in [0.25, 0.3) is 5.76 Å². The van der Waals surface area contributed by atoms with Crippen LogP contribution >= 0.6 is 0 Å². The van der Waals surface area contributed by atoms with E-state index in [1.807, 2.05) is 37.3 Å². The zero-order chi connectivity index (χ0) is 27.3. The maximum Gasteiger partial charge on any atom is 0.295 e. The molecule has 0 saturated carbocycles. The van der Waals surface area contributed by atoms with Crippen LogP contribution in [0.1, 0.15) is 62.9 Å². The third-order valence-electron chi connectivity index (χ3n) is 7.00. The number of hydrogen-bond donors (Lipinski definition) is 1. The lowest BCUT2D eigenvalue weighted by atomic mass is 9.85. The van der Waals surface area contributed by atoms with Crippen molar-refractivity contribution in [2.24, 2.45) is 0 Å². The van der Waals surface area contributed by atoms with Crippen LogP contribution in [0, 0.1) is 6.92 Å². The highest BCUT2D eigenvalue weighted by Crippen LogP contribution is 2.40. The number of likely N-dealkylation sites (tertiary alicyclic amines) is 1. The highest BCUT2D eigenvalue weighted by Gasteiger charge is 2.46. The quantitative estimate of drug-likeness (QED) is 0.197. The number of aliphatic hydroxyl groups is 1. The molecule has 6 nitrogen and oxygen atoms in total. The van der Waals surface area contributed by atoms with Gasteiger partial charge in [-0.25, -0.2) is 0 Å². The molecule has 2 aromatic rings. The van der Waals surface area contributed by atoms with E-state index in [0.29, 0.717) is 31.0 Å². The number of aliphatic hydroxyl groups excluding tert-OH is 1. The average molecular weight is 505 g/mol. The van der Waals surface area contributed by atoms with Crippen molar-refractivity contribution in [2.75, 3.05) is 32.8 Å². The van der Waals surface area contributed by atoms with Crippen molar-refractivity contribution in [3.8, 4) is 5.75 Å². The predicted octanol–water partition coefficient (Wildman–Crippen LogP) is 5.62. The molecule has 1 amide bonds. The Morgan fingerprint density at radius 3 is 2.30 bits per heavy atom. The smallest absolute Gasteiger partial charge is 0.295 e. The highest BCUT2D eigenvalue weighted by molar-refractivity contribution is 6.46. The molecule has 37 heavy (non-hydrogen) atoms. The van der Waals surface area contributed by atoms with E-state index in [0.717, 1.165) is 29.8 Å². The predicted molar refractivity (Wildman–Crippen MR) is 149 cm³/mol. The molecule has 0 aromatic heterocycles. The van der Waals surface area contributed by atoms with Crippen molar-refractivity contribution in [3.63, 3.8) is 0 Å². The SMILES string of the molecule is C=CCOc1ccc(C(O)=C2C(=O)C(=O)N(CCN(CC)CC)[C@@H]2c2ccc(C(C)(C)C)cc2)c(C)c1. The summed E-state index contributed by atoms with van der Waals surface area (Å²) in [5.41, 5.74) is 3.30. The molecule has 0 unspecified atom stereocenters. The number of Topliss-reactive ketones (excluding diaryl/α,β-unsaturated/α-hetero) is 1. The number of ether oxygens (including phenoxy) is 1. The molecule has 2 aromatic carbocycles. The van der Waals surface area contributed by atoms with Crippen LogP contribution in [0.15, 0.2) is 60.7 Å². The van der Waals surface area contributed by atoms with E-state index in [-0.39, 0.29) is 16.7 Å². The largest absolute Gasteiger partial charge is 0.507 e. The molecule has 1 heterocycles. The lowest BCUT2D eigenvalue weighted by Crippen LogP contribution is -2.38. The van der Waals surface area contributed by atoms with Crippen molar-refractivity contribution in [2.45, 2.75) is 53.0 Å². The van der Waals surface area contributed by atoms with Crippen LogP contribution in [-0.2, 0) is 15.0 Å². The van der Waals surface area contributed by atoms with Crippen molar-refractivity contribution >= 4 is 17.4 Å². The second-order valence-electron chi connectivity index (χ2n) is 10.5. The number of likely N-dealkylation sites (N-methyl/N-ethyl adjacent to an activating group) is 1. The van der Waals surface area contributed by atoms with Crippen LogP contribution in [0.5, 0.6) is 5.75 Å². The van der Waals surface area contributed by atoms with E-state index in [1.54, 1.807) is 23.1 Å². The summed E-state index contributed by atoms with van der Waals surface area (Å²) >= 11 is 0. The van der Waals surface area contributed by atoms with Gasteiger partial charge in [0.25, 0.3) is 11.7 Å². The molecule has 1 saturated heterocycles. The second-order valence-corrected chi connectivity index (χ2v) is 10.5. The van der Waals surface area contributed by atoms with E-state index in [4.69, 9.17) is 4.74 Å². The molecule has 1 fully saturated rings. The van der Waals surface area contributed by atoms with Gasteiger partial charge in [-0.1, -0.05) is 71.5 Å². The zero-order valence-electron chi connectivity index (χ0n) is 23.0. The van der Waals surface area contributed by atoms with Crippen molar-refractivity contribution < 1.29 is 19.4 Å². The summed E-state index contributed by atoms with van der Waals surface area (Å²) in [6.45, 7) is 19.2. The molecule has 0 radical (unpaired) electrons. The van der Waals surface area contributed by atoms with Gasteiger partial charge in [0, 0.05) is 18.7 Å². The van der Waals surface area contributed by atoms with Gasteiger partial charge < -0.3 is 19.6 Å². The first-order valence-electron chi connectivity index (χ1n) is 13.0. The van der Waals surface area contributed by atoms with Crippen LogP contribution in [-0.4, -0.2) is 59.4 Å². The van der Waals surface area contributed by atoms with Gasteiger partial charge in [-0.15, -0.1) is 0 Å². The topological polar surface area (TPSA) is 70.1 Å². The lowest BCUT2D eigenvalue weighted by molar-refractivity contribution is -0.140. The Kier molecular flexibility index (Phi) is 8.98. The molecule has 0 aliphatic carbocycles. The fourth-order valence-corrected chi connectivity index (χ4v) is 4.70. The standard InChI is InChI=1S/C31H40N2O4/c1-8-19-37-24-15-16-25(21(4)20-24)28(34)26-27(22-11-13-23(14-12-22)31(5,6)7)33(30(36)29(26)35)18-17-32(9-2)10-3/h8,11-16,20,27,34H,1,9-10,17-19H2,2-7H3/t27-/m1/s1. The van der Waals surface area contributed by atoms with Gasteiger partial charge in [0.2, 0.25) is 0 Å². The first-order chi connectivity index (χ1) is 17.5. The summed E-state index contributed by atoms with van der Waals surface area (Å²) in [5.74, 6) is -0.764. The summed E-state index contributed by atoms with van der Waals surface area (Å²) in [4.78, 5) is 30.5. The molecule has 198 valence electrons. The molecule has 1 atom stereocenters. The highest BCUT2D eigenvalue weighted by atomic mass is 16.5. The minimum absolute atomic E-state index is 0.0321. The van der Waals surface area contributed by atoms with E-state index >= 15 is 0 Å². The third-order valence-corrected chi connectivity index (χ3v) is 7.00. The van der Waals surface area contributed by atoms with Gasteiger partial charge in [-0.05, 0) is 60.3 Å². The van der Waals surface area contributed by atoms with Crippen LogP contribution in [0.2, 0.25) is 0 Å². The molecular formula is C31H40N2O4. The second kappa shape index (κ2) is 11.8. The zero-order valence-corrected chi connectivity index (χ0v) is 23.0. The Labute approximate surface area is 221 Å². The lowest BCUT2D eigenvalue weighted by Gasteiger charge is -2.29. The van der Waals surface area contributed by atoms with E-state index in [2.05, 4.69) is 46.1 Å². The van der Waals surface area contributed by atoms with Crippen molar-refractivity contribution in [1.82, 2.24) is 9.80 Å². The number of benzene rings is 2. The number of hydrogen-bond acceptors (Lipinski definition) is 5. The Balaban J connectivity index is 2.11. The summed E-state index contributed by atoms with van der Waals surface area (Å²) in [7, 11) is 0. The van der Waals surface area contributed by atoms with Crippen LogP contribution in [0.4, 0.5) is 0 Å². The summed E-state index contributed by atoms with van der Waals surface area (Å²) in [5, 5.41) is 11.5. The van der Waals surface area contributed by atoms with Crippen LogP contribution < -0.4 is 4.74 Å². The molecule has 1 N–H and O–H groups in total. The number of rotatable bonds is 10. The molecule has 1 aliphatic rings. The maximum atomic E-state index is 13.4. The van der Waals surface area contributed by atoms with Gasteiger partial charge in [0.1, 0.15) is 18.1 Å². The minimum Gasteiger partial charge on any atom is -0.507 e. The Morgan fingerprint density at radius 1 is 1.11 bits per heavy atom. The number of carbonyl (C=O) groups is 2. The van der Waals surface area contributed by atoms with E-state index < -0.39 is 17.7 Å². The van der Waals surface area contributed by atoms with Crippen molar-refractivity contribution in [1.29, 1.82) is 0 Å². The molecule has 1 aliphatic heterocycles. The van der Waals surface area contributed by atoms with Gasteiger partial charge in [0.05, 0.1) is 11.6 Å². The number of amides is 1. The fourth-order valence-electron chi connectivity index (χ4n) is 4.70. The summed E-state index contributed by atoms with van der Waals surface area (Å²) < 4.78 is 5.61. The van der Waals surface area contributed by atoms with Gasteiger partial charge >= 0.3 is 0 Å². The van der Waals surface area contributed by atoms with Crippen LogP contribution in [0.3, 0.4) is 0 Å². The molecule has 3 rings (SSSR count). The first-order valence-corrected chi connectivity index (χ1v) is 13.0. The molecule has 6 heteroatoms. The Morgan fingerprint density at radius 2 is 1.76 bits per heavy atom. The average Bonchev–Trinajstić information content (AvgIpc) is 3.12. The van der Waals surface area contributed by atoms with E-state index in [9.17, 15) is 14.7 Å². The third kappa shape index (κ3) is 6.13. The van der Waals surface area contributed by atoms with Gasteiger partial charge in [-0.3, -0.25) is 9.59 Å². The van der Waals surface area contributed by atoms with Gasteiger partial charge in [-0.2, -0.15) is 0 Å². The number of nitrogens with zero attached hydrogens (tertiary/aromatic N) is 2. The Bertz CT molecular complexity index is 1170. The monoisotopic (exact) mass is 504 g/mol. The van der Waals surface area contributed by atoms with E-state index in [1.165, 1.54) is 0 Å². The minimum atomic E-state index is -0.666. The van der Waals surface area contributed by atoms with Crippen molar-refractivity contribution in [3.05, 3.63) is 82.9 Å². The number of carbonyl (C=O) groups excluding carboxylic acids is 2. The Hall–Kier alpha value is -3.38. The first kappa shape index (κ1) is 28.2. The fraction of sp³-hybridized carbons (Fsp3) is 0.419. The normalized spacial score (nSPS) is 17.5. The molecule has 0 bridgehead atoms. The number of aryl methyl sites for hydroxylation is 1. The summed E-state index contributed by atoms with van der Waals surface area (Å²) in [6, 6.07) is 12.6. The van der Waals surface area contributed by atoms with Gasteiger partial charge in [0.15, 0.2) is 0 Å². The molecular weight excluding hydrogens is 464 g/mol.